The average Bonchev–Trinajstić information content (AvgIpc) is 2.85. The number of carbonyl (C=O) groups excluding carboxylic acids is 2. The lowest BCUT2D eigenvalue weighted by atomic mass is 9.92. The van der Waals surface area contributed by atoms with Crippen molar-refractivity contribution in [3.05, 3.63) is 53.6 Å². The number of amides is 2. The van der Waals surface area contributed by atoms with Gasteiger partial charge in [0.1, 0.15) is 0 Å². The van der Waals surface area contributed by atoms with Gasteiger partial charge in [-0.1, -0.05) is 37.7 Å². The molecular formula is C24H29N3O2S. The highest BCUT2D eigenvalue weighted by Gasteiger charge is 2.22. The van der Waals surface area contributed by atoms with Gasteiger partial charge >= 0.3 is 0 Å². The number of benzene rings is 2. The molecule has 1 fully saturated rings. The first kappa shape index (κ1) is 20.9. The zero-order chi connectivity index (χ0) is 21.1. The largest absolute Gasteiger partial charge is 0.352 e. The zero-order valence-corrected chi connectivity index (χ0v) is 18.4. The van der Waals surface area contributed by atoms with Crippen molar-refractivity contribution in [2.45, 2.75) is 36.5 Å². The fraction of sp³-hybridized carbons (Fsp3) is 0.417. The molecule has 6 heteroatoms. The molecule has 0 saturated carbocycles. The minimum atomic E-state index is -0.139. The van der Waals surface area contributed by atoms with Crippen LogP contribution in [0.4, 0.5) is 5.69 Å². The second-order valence-electron chi connectivity index (χ2n) is 8.58. The van der Waals surface area contributed by atoms with E-state index in [2.05, 4.69) is 29.4 Å². The smallest absolute Gasteiger partial charge is 0.256 e. The van der Waals surface area contributed by atoms with E-state index in [-0.39, 0.29) is 11.8 Å². The van der Waals surface area contributed by atoms with Crippen LogP contribution in [0.1, 0.15) is 47.4 Å². The number of nitrogens with zero attached hydrogens (tertiary/aromatic N) is 1. The van der Waals surface area contributed by atoms with Crippen LogP contribution in [-0.4, -0.2) is 42.9 Å². The summed E-state index contributed by atoms with van der Waals surface area (Å²) < 4.78 is 0. The summed E-state index contributed by atoms with van der Waals surface area (Å²) in [5.74, 6) is 1.27. The van der Waals surface area contributed by atoms with E-state index in [0.717, 1.165) is 47.7 Å². The van der Waals surface area contributed by atoms with Gasteiger partial charge in [-0.2, -0.15) is 0 Å². The molecule has 2 aliphatic rings. The molecule has 30 heavy (non-hydrogen) atoms. The van der Waals surface area contributed by atoms with Gasteiger partial charge in [-0.25, -0.2) is 0 Å². The molecule has 0 spiro atoms. The number of likely N-dealkylation sites (tertiary alicyclic amines) is 1. The van der Waals surface area contributed by atoms with Crippen molar-refractivity contribution in [1.29, 1.82) is 0 Å². The molecule has 2 heterocycles. The van der Waals surface area contributed by atoms with Crippen molar-refractivity contribution in [2.75, 3.05) is 31.5 Å². The van der Waals surface area contributed by atoms with Gasteiger partial charge < -0.3 is 15.5 Å². The number of hydrogen-bond donors (Lipinski definition) is 2. The Hall–Kier alpha value is -2.31. The third-order valence-corrected chi connectivity index (χ3v) is 6.87. The Kier molecular flexibility index (Phi) is 6.44. The molecule has 0 radical (unpaired) electrons. The topological polar surface area (TPSA) is 61.4 Å². The Bertz CT molecular complexity index is 936. The van der Waals surface area contributed by atoms with E-state index >= 15 is 0 Å². The summed E-state index contributed by atoms with van der Waals surface area (Å²) in [5.41, 5.74) is 1.91. The first-order valence-electron chi connectivity index (χ1n) is 10.7. The van der Waals surface area contributed by atoms with Gasteiger partial charge in [0.15, 0.2) is 0 Å². The van der Waals surface area contributed by atoms with Gasteiger partial charge in [0, 0.05) is 35.0 Å². The molecule has 2 aliphatic heterocycles. The summed E-state index contributed by atoms with van der Waals surface area (Å²) in [7, 11) is 0. The summed E-state index contributed by atoms with van der Waals surface area (Å²) in [6, 6.07) is 13.1. The minimum absolute atomic E-state index is 0.0980. The van der Waals surface area contributed by atoms with Crippen molar-refractivity contribution < 1.29 is 9.59 Å². The molecule has 0 aliphatic carbocycles. The number of rotatable bonds is 5. The van der Waals surface area contributed by atoms with Crippen molar-refractivity contribution in [1.82, 2.24) is 10.2 Å². The predicted octanol–water partition coefficient (Wildman–Crippen LogP) is 4.50. The number of nitrogens with one attached hydrogen (secondary N) is 2. The van der Waals surface area contributed by atoms with E-state index in [1.807, 2.05) is 36.4 Å². The molecule has 5 nitrogen and oxygen atoms in total. The Morgan fingerprint density at radius 3 is 2.70 bits per heavy atom. The van der Waals surface area contributed by atoms with Crippen molar-refractivity contribution in [3.8, 4) is 0 Å². The highest BCUT2D eigenvalue weighted by Crippen LogP contribution is 2.38. The third kappa shape index (κ3) is 4.87. The maximum absolute atomic E-state index is 12.6. The van der Waals surface area contributed by atoms with E-state index in [1.165, 1.54) is 6.42 Å². The Labute approximate surface area is 182 Å². The molecule has 1 saturated heterocycles. The SMILES string of the molecule is C[C@@H]1C[C@@H](C)CN(CCCNC(=O)c2ccc3c(c2)NC(=O)c2ccccc2S3)C1. The van der Waals surface area contributed by atoms with Crippen LogP contribution < -0.4 is 10.6 Å². The van der Waals surface area contributed by atoms with Crippen LogP contribution >= 0.6 is 11.8 Å². The first-order chi connectivity index (χ1) is 14.5. The molecule has 0 bridgehead atoms. The van der Waals surface area contributed by atoms with Crippen LogP contribution in [0.15, 0.2) is 52.3 Å². The molecular weight excluding hydrogens is 394 g/mol. The number of carbonyl (C=O) groups is 2. The summed E-state index contributed by atoms with van der Waals surface area (Å²) >= 11 is 1.54. The van der Waals surface area contributed by atoms with Gasteiger partial charge in [-0.3, -0.25) is 9.59 Å². The van der Waals surface area contributed by atoms with Gasteiger partial charge in [0.2, 0.25) is 0 Å². The summed E-state index contributed by atoms with van der Waals surface area (Å²) in [4.78, 5) is 29.5. The second-order valence-corrected chi connectivity index (χ2v) is 9.66. The fourth-order valence-corrected chi connectivity index (χ4v) is 5.50. The van der Waals surface area contributed by atoms with E-state index in [0.29, 0.717) is 23.4 Å². The lowest BCUT2D eigenvalue weighted by Gasteiger charge is -2.34. The van der Waals surface area contributed by atoms with E-state index in [4.69, 9.17) is 0 Å². The molecule has 158 valence electrons. The molecule has 2 N–H and O–H groups in total. The zero-order valence-electron chi connectivity index (χ0n) is 17.6. The number of piperidine rings is 1. The van der Waals surface area contributed by atoms with E-state index in [9.17, 15) is 9.59 Å². The van der Waals surface area contributed by atoms with E-state index < -0.39 is 0 Å². The lowest BCUT2D eigenvalue weighted by molar-refractivity contribution is 0.0946. The summed E-state index contributed by atoms with van der Waals surface area (Å²) in [6.45, 7) is 8.62. The van der Waals surface area contributed by atoms with Crippen molar-refractivity contribution in [2.24, 2.45) is 11.8 Å². The van der Waals surface area contributed by atoms with Gasteiger partial charge in [-0.05, 0) is 61.6 Å². The molecule has 0 unspecified atom stereocenters. The van der Waals surface area contributed by atoms with Crippen molar-refractivity contribution in [3.63, 3.8) is 0 Å². The van der Waals surface area contributed by atoms with E-state index in [1.54, 1.807) is 17.8 Å². The summed E-state index contributed by atoms with van der Waals surface area (Å²) in [5, 5.41) is 5.97. The van der Waals surface area contributed by atoms with Crippen LogP contribution in [0.25, 0.3) is 0 Å². The maximum atomic E-state index is 12.6. The maximum Gasteiger partial charge on any atom is 0.256 e. The van der Waals surface area contributed by atoms with Crippen LogP contribution in [0.5, 0.6) is 0 Å². The fourth-order valence-electron chi connectivity index (χ4n) is 4.49. The van der Waals surface area contributed by atoms with Crippen molar-refractivity contribution >= 4 is 29.3 Å². The van der Waals surface area contributed by atoms with Crippen LogP contribution in [0.3, 0.4) is 0 Å². The highest BCUT2D eigenvalue weighted by atomic mass is 32.2. The lowest BCUT2D eigenvalue weighted by Crippen LogP contribution is -2.40. The van der Waals surface area contributed by atoms with Crippen LogP contribution in [-0.2, 0) is 0 Å². The third-order valence-electron chi connectivity index (χ3n) is 5.72. The highest BCUT2D eigenvalue weighted by molar-refractivity contribution is 7.99. The van der Waals surface area contributed by atoms with Gasteiger partial charge in [-0.15, -0.1) is 0 Å². The first-order valence-corrected chi connectivity index (χ1v) is 11.5. The number of anilines is 1. The molecule has 2 aromatic rings. The Morgan fingerprint density at radius 1 is 1.13 bits per heavy atom. The Morgan fingerprint density at radius 2 is 1.90 bits per heavy atom. The normalized spacial score (nSPS) is 21.2. The van der Waals surface area contributed by atoms with Gasteiger partial charge in [0.25, 0.3) is 11.8 Å². The Balaban J connectivity index is 1.33. The quantitative estimate of drug-likeness (QED) is 0.695. The number of hydrogen-bond acceptors (Lipinski definition) is 4. The molecule has 2 aromatic carbocycles. The summed E-state index contributed by atoms with van der Waals surface area (Å²) in [6.07, 6.45) is 2.25. The molecule has 2 atom stereocenters. The monoisotopic (exact) mass is 423 g/mol. The number of fused-ring (bicyclic) bond motifs is 2. The van der Waals surface area contributed by atoms with Crippen LogP contribution in [0, 0.1) is 11.8 Å². The molecule has 4 rings (SSSR count). The minimum Gasteiger partial charge on any atom is -0.352 e. The van der Waals surface area contributed by atoms with Crippen LogP contribution in [0.2, 0.25) is 0 Å². The molecule has 0 aromatic heterocycles. The van der Waals surface area contributed by atoms with Gasteiger partial charge in [0.05, 0.1) is 11.3 Å². The predicted molar refractivity (Wildman–Crippen MR) is 121 cm³/mol. The standard InChI is InChI=1S/C24H29N3O2S/c1-16-12-17(2)15-27(14-16)11-5-10-25-23(28)18-8-9-22-20(13-18)26-24(29)19-6-3-4-7-21(19)30-22/h3-4,6-9,13,16-17H,5,10-12,14-15H2,1-2H3,(H,25,28)(H,26,29)/t16-,17-/m1/s1. The molecule has 2 amide bonds. The second kappa shape index (κ2) is 9.23. The average molecular weight is 424 g/mol.